The Morgan fingerprint density at radius 1 is 1.28 bits per heavy atom. The van der Waals surface area contributed by atoms with Gasteiger partial charge in [0.05, 0.1) is 28.7 Å². The van der Waals surface area contributed by atoms with Crippen LogP contribution in [0.25, 0.3) is 0 Å². The van der Waals surface area contributed by atoms with Crippen LogP contribution in [-0.4, -0.2) is 39.9 Å². The average Bonchev–Trinajstić information content (AvgIpc) is 2.70. The zero-order valence-electron chi connectivity index (χ0n) is 16.8. The Labute approximate surface area is 188 Å². The first-order valence-electron chi connectivity index (χ1n) is 8.92. The van der Waals surface area contributed by atoms with Crippen molar-refractivity contribution >= 4 is 39.4 Å². The number of halogens is 4. The molecule has 32 heavy (non-hydrogen) atoms. The van der Waals surface area contributed by atoms with Crippen LogP contribution in [0.15, 0.2) is 60.2 Å². The summed E-state index contributed by atoms with van der Waals surface area (Å²) in [6.45, 7) is 3.05. The number of rotatable bonds is 9. The van der Waals surface area contributed by atoms with E-state index >= 15 is 0 Å². The molecule has 0 saturated carbocycles. The van der Waals surface area contributed by atoms with Gasteiger partial charge < -0.3 is 4.74 Å². The fourth-order valence-electron chi connectivity index (χ4n) is 2.47. The van der Waals surface area contributed by atoms with Crippen molar-refractivity contribution in [1.29, 1.82) is 0 Å². The number of ether oxygens (including phenoxy) is 1. The van der Waals surface area contributed by atoms with Crippen LogP contribution in [0, 0.1) is 0 Å². The van der Waals surface area contributed by atoms with Crippen molar-refractivity contribution in [3.05, 3.63) is 71.3 Å². The van der Waals surface area contributed by atoms with Crippen molar-refractivity contribution in [2.24, 2.45) is 5.10 Å². The van der Waals surface area contributed by atoms with E-state index in [0.717, 1.165) is 18.4 Å². The largest absolute Gasteiger partial charge is 0.490 e. The summed E-state index contributed by atoms with van der Waals surface area (Å²) in [4.78, 5) is 12.2. The molecule has 0 aliphatic heterocycles. The van der Waals surface area contributed by atoms with Crippen LogP contribution in [0.3, 0.4) is 0 Å². The normalized spacial score (nSPS) is 11.9. The van der Waals surface area contributed by atoms with E-state index in [1.165, 1.54) is 6.21 Å². The maximum Gasteiger partial charge on any atom is 0.417 e. The molecule has 0 atom stereocenters. The fraction of sp³-hybridized carbons (Fsp3) is 0.200. The second-order valence-electron chi connectivity index (χ2n) is 6.40. The van der Waals surface area contributed by atoms with Gasteiger partial charge in [-0.3, -0.25) is 9.10 Å². The van der Waals surface area contributed by atoms with Crippen LogP contribution in [0.1, 0.15) is 11.1 Å². The van der Waals surface area contributed by atoms with E-state index in [0.29, 0.717) is 28.3 Å². The third kappa shape index (κ3) is 7.27. The molecule has 172 valence electrons. The van der Waals surface area contributed by atoms with Crippen LogP contribution in [-0.2, 0) is 21.0 Å². The summed E-state index contributed by atoms with van der Waals surface area (Å²) >= 11 is 5.57. The summed E-state index contributed by atoms with van der Waals surface area (Å²) in [6, 6.07) is 9.30. The van der Waals surface area contributed by atoms with Crippen molar-refractivity contribution in [2.75, 3.05) is 23.7 Å². The SMILES string of the molecule is C=CCOc1cccc(/C=N\NC(=O)CN(c2ccc(Cl)c(C(F)(F)F)c2)S(C)(=O)=O)c1. The standard InChI is InChI=1S/C20H19ClF3N3O4S/c1-3-9-31-16-6-4-5-14(10-16)12-25-26-19(28)13-27(32(2,29)30)15-7-8-18(21)17(11-15)20(22,23)24/h3-8,10-12H,1,9,13H2,2H3,(H,26,28)/b25-12-. The number of alkyl halides is 3. The van der Waals surface area contributed by atoms with E-state index in [1.54, 1.807) is 30.3 Å². The molecule has 2 aromatic carbocycles. The number of hydrazone groups is 1. The van der Waals surface area contributed by atoms with Gasteiger partial charge in [-0.1, -0.05) is 36.4 Å². The molecule has 0 unspecified atom stereocenters. The third-order valence-electron chi connectivity index (χ3n) is 3.86. The molecule has 0 radical (unpaired) electrons. The van der Waals surface area contributed by atoms with Crippen molar-refractivity contribution in [3.8, 4) is 5.75 Å². The highest BCUT2D eigenvalue weighted by molar-refractivity contribution is 7.92. The summed E-state index contributed by atoms with van der Waals surface area (Å²) in [5.74, 6) is -0.319. The average molecular weight is 490 g/mol. The highest BCUT2D eigenvalue weighted by Gasteiger charge is 2.34. The molecule has 1 amide bonds. The van der Waals surface area contributed by atoms with Gasteiger partial charge >= 0.3 is 6.18 Å². The number of carbonyl (C=O) groups excluding carboxylic acids is 1. The predicted molar refractivity (Wildman–Crippen MR) is 117 cm³/mol. The monoisotopic (exact) mass is 489 g/mol. The molecule has 0 bridgehead atoms. The molecule has 0 fully saturated rings. The Hall–Kier alpha value is -3.05. The van der Waals surface area contributed by atoms with Gasteiger partial charge in [0, 0.05) is 0 Å². The summed E-state index contributed by atoms with van der Waals surface area (Å²) in [5.41, 5.74) is 1.14. The number of hydrogen-bond donors (Lipinski definition) is 1. The zero-order valence-corrected chi connectivity index (χ0v) is 18.3. The molecule has 0 heterocycles. The maximum absolute atomic E-state index is 13.1. The van der Waals surface area contributed by atoms with E-state index in [-0.39, 0.29) is 5.69 Å². The van der Waals surface area contributed by atoms with Gasteiger partial charge in [0.15, 0.2) is 0 Å². The number of nitrogens with zero attached hydrogens (tertiary/aromatic N) is 2. The van der Waals surface area contributed by atoms with E-state index in [9.17, 15) is 26.4 Å². The van der Waals surface area contributed by atoms with Crippen LogP contribution in [0.5, 0.6) is 5.75 Å². The van der Waals surface area contributed by atoms with Gasteiger partial charge in [-0.15, -0.1) is 0 Å². The fourth-order valence-corrected chi connectivity index (χ4v) is 3.54. The number of sulfonamides is 1. The first kappa shape index (κ1) is 25.2. The molecule has 0 aliphatic carbocycles. The Bertz CT molecular complexity index is 1120. The van der Waals surface area contributed by atoms with Gasteiger partial charge in [-0.25, -0.2) is 13.8 Å². The second-order valence-corrected chi connectivity index (χ2v) is 8.71. The third-order valence-corrected chi connectivity index (χ3v) is 5.33. The topological polar surface area (TPSA) is 88.1 Å². The second kappa shape index (κ2) is 10.5. The van der Waals surface area contributed by atoms with Gasteiger partial charge in [0.1, 0.15) is 18.9 Å². The number of anilines is 1. The number of carbonyl (C=O) groups is 1. The molecule has 2 rings (SSSR count). The van der Waals surface area contributed by atoms with E-state index < -0.39 is 39.2 Å². The van der Waals surface area contributed by atoms with Crippen molar-refractivity contribution in [3.63, 3.8) is 0 Å². The molecular weight excluding hydrogens is 471 g/mol. The number of benzene rings is 2. The van der Waals surface area contributed by atoms with Gasteiger partial charge in [-0.05, 0) is 35.9 Å². The van der Waals surface area contributed by atoms with Crippen molar-refractivity contribution in [2.45, 2.75) is 6.18 Å². The summed E-state index contributed by atoms with van der Waals surface area (Å²) < 4.78 is 69.4. The molecule has 0 aliphatic rings. The highest BCUT2D eigenvalue weighted by Crippen LogP contribution is 2.37. The number of amides is 1. The molecule has 0 aromatic heterocycles. The zero-order chi connectivity index (χ0) is 23.9. The number of nitrogens with one attached hydrogen (secondary N) is 1. The molecule has 0 spiro atoms. The number of hydrogen-bond acceptors (Lipinski definition) is 5. The van der Waals surface area contributed by atoms with E-state index in [1.807, 2.05) is 0 Å². The minimum Gasteiger partial charge on any atom is -0.490 e. The Kier molecular flexibility index (Phi) is 8.28. The lowest BCUT2D eigenvalue weighted by atomic mass is 10.2. The highest BCUT2D eigenvalue weighted by atomic mass is 35.5. The lowest BCUT2D eigenvalue weighted by Crippen LogP contribution is -2.39. The molecule has 1 N–H and O–H groups in total. The summed E-state index contributed by atoms with van der Waals surface area (Å²) in [7, 11) is -4.09. The van der Waals surface area contributed by atoms with Crippen LogP contribution >= 0.6 is 11.6 Å². The Balaban J connectivity index is 2.15. The Morgan fingerprint density at radius 2 is 2.00 bits per heavy atom. The summed E-state index contributed by atoms with van der Waals surface area (Å²) in [5, 5.41) is 3.15. The first-order valence-corrected chi connectivity index (χ1v) is 11.1. The predicted octanol–water partition coefficient (Wildman–Crippen LogP) is 3.84. The van der Waals surface area contributed by atoms with E-state index in [2.05, 4.69) is 17.1 Å². The lowest BCUT2D eigenvalue weighted by Gasteiger charge is -2.22. The van der Waals surface area contributed by atoms with Gasteiger partial charge in [-0.2, -0.15) is 18.3 Å². The molecule has 0 saturated heterocycles. The molecule has 2 aromatic rings. The minimum atomic E-state index is -4.80. The van der Waals surface area contributed by atoms with Crippen molar-refractivity contribution in [1.82, 2.24) is 5.43 Å². The summed E-state index contributed by atoms with van der Waals surface area (Å²) in [6.07, 6.45) is -1.16. The van der Waals surface area contributed by atoms with Crippen LogP contribution in [0.4, 0.5) is 18.9 Å². The smallest absolute Gasteiger partial charge is 0.417 e. The Morgan fingerprint density at radius 3 is 2.62 bits per heavy atom. The molecule has 12 heteroatoms. The van der Waals surface area contributed by atoms with Crippen LogP contribution < -0.4 is 14.5 Å². The van der Waals surface area contributed by atoms with E-state index in [4.69, 9.17) is 16.3 Å². The van der Waals surface area contributed by atoms with Gasteiger partial charge in [0.2, 0.25) is 10.0 Å². The lowest BCUT2D eigenvalue weighted by molar-refractivity contribution is -0.137. The maximum atomic E-state index is 13.1. The van der Waals surface area contributed by atoms with Crippen molar-refractivity contribution < 1.29 is 31.1 Å². The minimum absolute atomic E-state index is 0.305. The van der Waals surface area contributed by atoms with Gasteiger partial charge in [0.25, 0.3) is 5.91 Å². The molecular formula is C20H19ClF3N3O4S. The van der Waals surface area contributed by atoms with Crippen LogP contribution in [0.2, 0.25) is 5.02 Å². The first-order chi connectivity index (χ1) is 14.9. The quantitative estimate of drug-likeness (QED) is 0.329. The molecule has 7 nitrogen and oxygen atoms in total.